The first kappa shape index (κ1) is 11.0. The van der Waals surface area contributed by atoms with Crippen LogP contribution in [0.3, 0.4) is 0 Å². The van der Waals surface area contributed by atoms with Gasteiger partial charge in [0.2, 0.25) is 5.91 Å². The van der Waals surface area contributed by atoms with Gasteiger partial charge in [0.25, 0.3) is 0 Å². The summed E-state index contributed by atoms with van der Waals surface area (Å²) in [5.74, 6) is 0.588. The molecule has 0 atom stereocenters. The van der Waals surface area contributed by atoms with Crippen LogP contribution in [0.15, 0.2) is 24.3 Å². The fourth-order valence-corrected chi connectivity index (χ4v) is 2.09. The number of nitrogens with two attached hydrogens (primary N) is 1. The molecule has 0 spiro atoms. The molecule has 1 aromatic carbocycles. The number of hydrogen-bond donors (Lipinski definition) is 1. The smallest absolute Gasteiger partial charge is 0.221 e. The van der Waals surface area contributed by atoms with E-state index in [1.807, 2.05) is 24.3 Å². The Kier molecular flexibility index (Phi) is 3.44. The van der Waals surface area contributed by atoms with Gasteiger partial charge in [0.15, 0.2) is 0 Å². The number of ether oxygens (including phenoxy) is 1. The number of primary amides is 1. The van der Waals surface area contributed by atoms with Crippen LogP contribution in [-0.4, -0.2) is 12.0 Å². The van der Waals surface area contributed by atoms with Crippen molar-refractivity contribution in [2.24, 2.45) is 5.73 Å². The maximum atomic E-state index is 10.7. The van der Waals surface area contributed by atoms with Gasteiger partial charge in [-0.2, -0.15) is 0 Å². The van der Waals surface area contributed by atoms with Crippen molar-refractivity contribution in [1.82, 2.24) is 0 Å². The second-order valence-electron chi connectivity index (χ2n) is 4.31. The second kappa shape index (κ2) is 5.01. The molecule has 0 radical (unpaired) electrons. The number of amides is 1. The molecule has 86 valence electrons. The van der Waals surface area contributed by atoms with Crippen molar-refractivity contribution < 1.29 is 9.53 Å². The van der Waals surface area contributed by atoms with Crippen molar-refractivity contribution >= 4 is 5.91 Å². The molecule has 1 aliphatic carbocycles. The van der Waals surface area contributed by atoms with E-state index in [-0.39, 0.29) is 5.91 Å². The molecular formula is C13H17NO2. The van der Waals surface area contributed by atoms with Crippen molar-refractivity contribution in [3.63, 3.8) is 0 Å². The van der Waals surface area contributed by atoms with Gasteiger partial charge in [-0.25, -0.2) is 0 Å². The summed E-state index contributed by atoms with van der Waals surface area (Å²) >= 11 is 0. The van der Waals surface area contributed by atoms with Gasteiger partial charge in [0.1, 0.15) is 5.75 Å². The van der Waals surface area contributed by atoms with Crippen LogP contribution in [0, 0.1) is 0 Å². The highest BCUT2D eigenvalue weighted by molar-refractivity contribution is 5.76. The van der Waals surface area contributed by atoms with E-state index in [9.17, 15) is 4.79 Å². The van der Waals surface area contributed by atoms with E-state index in [2.05, 4.69) is 0 Å². The SMILES string of the molecule is NC(=O)Cc1ccc(OC2CCCC2)cc1. The van der Waals surface area contributed by atoms with Crippen molar-refractivity contribution in [1.29, 1.82) is 0 Å². The Morgan fingerprint density at radius 2 is 1.88 bits per heavy atom. The summed E-state index contributed by atoms with van der Waals surface area (Å²) in [5.41, 5.74) is 6.06. The zero-order valence-electron chi connectivity index (χ0n) is 9.32. The maximum Gasteiger partial charge on any atom is 0.221 e. The molecule has 0 heterocycles. The Labute approximate surface area is 95.6 Å². The molecule has 0 saturated heterocycles. The lowest BCUT2D eigenvalue weighted by atomic mass is 10.1. The lowest BCUT2D eigenvalue weighted by molar-refractivity contribution is -0.117. The van der Waals surface area contributed by atoms with Crippen molar-refractivity contribution in [2.75, 3.05) is 0 Å². The molecule has 2 N–H and O–H groups in total. The van der Waals surface area contributed by atoms with Gasteiger partial charge < -0.3 is 10.5 Å². The predicted molar refractivity (Wildman–Crippen MR) is 62.2 cm³/mol. The molecule has 2 rings (SSSR count). The largest absolute Gasteiger partial charge is 0.490 e. The number of carbonyl (C=O) groups is 1. The second-order valence-corrected chi connectivity index (χ2v) is 4.31. The van der Waals surface area contributed by atoms with Crippen LogP contribution in [0.5, 0.6) is 5.75 Å². The zero-order chi connectivity index (χ0) is 11.4. The van der Waals surface area contributed by atoms with Crippen LogP contribution in [0.2, 0.25) is 0 Å². The average molecular weight is 219 g/mol. The summed E-state index contributed by atoms with van der Waals surface area (Å²) in [6, 6.07) is 7.62. The van der Waals surface area contributed by atoms with Crippen LogP contribution in [-0.2, 0) is 11.2 Å². The molecule has 0 aliphatic heterocycles. The van der Waals surface area contributed by atoms with E-state index < -0.39 is 0 Å². The quantitative estimate of drug-likeness (QED) is 0.842. The third-order valence-corrected chi connectivity index (χ3v) is 2.91. The molecule has 0 unspecified atom stereocenters. The number of carbonyl (C=O) groups excluding carboxylic acids is 1. The van der Waals surface area contributed by atoms with Crippen molar-refractivity contribution in [3.8, 4) is 5.75 Å². The van der Waals surface area contributed by atoms with Crippen molar-refractivity contribution in [3.05, 3.63) is 29.8 Å². The molecule has 0 aromatic heterocycles. The topological polar surface area (TPSA) is 52.3 Å². The third-order valence-electron chi connectivity index (χ3n) is 2.91. The molecule has 0 bridgehead atoms. The van der Waals surface area contributed by atoms with Crippen LogP contribution in [0.1, 0.15) is 31.2 Å². The fraction of sp³-hybridized carbons (Fsp3) is 0.462. The van der Waals surface area contributed by atoms with Gasteiger partial charge in [0.05, 0.1) is 12.5 Å². The number of hydrogen-bond acceptors (Lipinski definition) is 2. The van der Waals surface area contributed by atoms with Gasteiger partial charge in [-0.05, 0) is 43.4 Å². The normalized spacial score (nSPS) is 16.2. The maximum absolute atomic E-state index is 10.7. The highest BCUT2D eigenvalue weighted by atomic mass is 16.5. The van der Waals surface area contributed by atoms with Crippen molar-refractivity contribution in [2.45, 2.75) is 38.2 Å². The standard InChI is InChI=1S/C13H17NO2/c14-13(15)9-10-5-7-12(8-6-10)16-11-3-1-2-4-11/h5-8,11H,1-4,9H2,(H2,14,15). The molecule has 1 fully saturated rings. The van der Waals surface area contributed by atoms with Crippen LogP contribution in [0.4, 0.5) is 0 Å². The minimum atomic E-state index is -0.301. The Bertz CT molecular complexity index is 353. The minimum absolute atomic E-state index is 0.295. The van der Waals surface area contributed by atoms with E-state index >= 15 is 0 Å². The molecule has 1 aliphatic rings. The summed E-state index contributed by atoms with van der Waals surface area (Å²) in [6.45, 7) is 0. The van der Waals surface area contributed by atoms with E-state index in [0.717, 1.165) is 24.2 Å². The first-order valence-corrected chi connectivity index (χ1v) is 5.78. The molecule has 16 heavy (non-hydrogen) atoms. The predicted octanol–water partition coefficient (Wildman–Crippen LogP) is 2.04. The Balaban J connectivity index is 1.93. The summed E-state index contributed by atoms with van der Waals surface area (Å²) < 4.78 is 5.82. The van der Waals surface area contributed by atoms with E-state index in [1.165, 1.54) is 12.8 Å². The van der Waals surface area contributed by atoms with Gasteiger partial charge in [-0.15, -0.1) is 0 Å². The summed E-state index contributed by atoms with van der Waals surface area (Å²) in [5, 5.41) is 0. The summed E-state index contributed by atoms with van der Waals surface area (Å²) in [6.07, 6.45) is 5.52. The molecule has 3 nitrogen and oxygen atoms in total. The highest BCUT2D eigenvalue weighted by Gasteiger charge is 2.16. The van der Waals surface area contributed by atoms with Crippen LogP contribution >= 0.6 is 0 Å². The molecule has 1 saturated carbocycles. The molecule has 1 aromatic rings. The first-order valence-electron chi connectivity index (χ1n) is 5.78. The monoisotopic (exact) mass is 219 g/mol. The summed E-state index contributed by atoms with van der Waals surface area (Å²) in [7, 11) is 0. The third kappa shape index (κ3) is 2.99. The number of rotatable bonds is 4. The van der Waals surface area contributed by atoms with E-state index in [1.54, 1.807) is 0 Å². The van der Waals surface area contributed by atoms with Crippen LogP contribution in [0.25, 0.3) is 0 Å². The number of benzene rings is 1. The van der Waals surface area contributed by atoms with Gasteiger partial charge in [-0.3, -0.25) is 4.79 Å². The first-order chi connectivity index (χ1) is 7.74. The summed E-state index contributed by atoms with van der Waals surface area (Å²) in [4.78, 5) is 10.7. The lowest BCUT2D eigenvalue weighted by Gasteiger charge is -2.13. The van der Waals surface area contributed by atoms with Crippen LogP contribution < -0.4 is 10.5 Å². The Morgan fingerprint density at radius 3 is 2.44 bits per heavy atom. The lowest BCUT2D eigenvalue weighted by Crippen LogP contribution is -2.14. The minimum Gasteiger partial charge on any atom is -0.490 e. The van der Waals surface area contributed by atoms with E-state index in [0.29, 0.717) is 12.5 Å². The Hall–Kier alpha value is -1.51. The molecule has 3 heteroatoms. The Morgan fingerprint density at radius 1 is 1.25 bits per heavy atom. The fourth-order valence-electron chi connectivity index (χ4n) is 2.09. The average Bonchev–Trinajstić information content (AvgIpc) is 2.73. The molecular weight excluding hydrogens is 202 g/mol. The highest BCUT2D eigenvalue weighted by Crippen LogP contribution is 2.24. The van der Waals surface area contributed by atoms with Gasteiger partial charge in [-0.1, -0.05) is 12.1 Å². The van der Waals surface area contributed by atoms with E-state index in [4.69, 9.17) is 10.5 Å². The van der Waals surface area contributed by atoms with Gasteiger partial charge in [0, 0.05) is 0 Å². The van der Waals surface area contributed by atoms with Gasteiger partial charge >= 0.3 is 0 Å². The zero-order valence-corrected chi connectivity index (χ0v) is 9.32. The molecule has 1 amide bonds.